The van der Waals surface area contributed by atoms with Crippen LogP contribution in [0.5, 0.6) is 0 Å². The van der Waals surface area contributed by atoms with E-state index >= 15 is 0 Å². The molecule has 3 aromatic rings. The maximum absolute atomic E-state index is 12.8. The molecule has 0 unspecified atom stereocenters. The first-order valence-corrected chi connectivity index (χ1v) is 12.7. The highest BCUT2D eigenvalue weighted by Crippen LogP contribution is 2.30. The van der Waals surface area contributed by atoms with Crippen LogP contribution in [0.15, 0.2) is 90.6 Å². The topological polar surface area (TPSA) is 101 Å². The lowest BCUT2D eigenvalue weighted by atomic mass is 9.93. The summed E-state index contributed by atoms with van der Waals surface area (Å²) in [5, 5.41) is 4.90. The van der Waals surface area contributed by atoms with Crippen LogP contribution in [0.25, 0.3) is 16.3 Å². The summed E-state index contributed by atoms with van der Waals surface area (Å²) in [5.41, 5.74) is 12.5. The summed E-state index contributed by atoms with van der Waals surface area (Å²) < 4.78 is 0. The van der Waals surface area contributed by atoms with Gasteiger partial charge in [-0.1, -0.05) is 24.3 Å². The number of anilines is 1. The maximum atomic E-state index is 12.8. The summed E-state index contributed by atoms with van der Waals surface area (Å²) >= 11 is 0. The molecular formula is C31H33N5O2. The molecule has 0 aliphatic carbocycles. The zero-order valence-electron chi connectivity index (χ0n) is 22.1. The zero-order chi connectivity index (χ0) is 27.2. The summed E-state index contributed by atoms with van der Waals surface area (Å²) in [6.45, 7) is 10.9. The van der Waals surface area contributed by atoms with Gasteiger partial charge >= 0.3 is 0 Å². The Labute approximate surface area is 223 Å². The number of allylic oxidation sites excluding steroid dienone is 4. The second-order valence-corrected chi connectivity index (χ2v) is 9.40. The second kappa shape index (κ2) is 11.7. The predicted octanol–water partition coefficient (Wildman–Crippen LogP) is 5.56. The molecule has 0 radical (unpaired) electrons. The third-order valence-corrected chi connectivity index (χ3v) is 6.89. The van der Waals surface area contributed by atoms with Gasteiger partial charge in [0.2, 0.25) is 5.91 Å². The lowest BCUT2D eigenvalue weighted by molar-refractivity contribution is -0.112. The number of aryl methyl sites for hydroxylation is 1. The second-order valence-electron chi connectivity index (χ2n) is 9.40. The van der Waals surface area contributed by atoms with Crippen LogP contribution >= 0.6 is 0 Å². The molecule has 7 heteroatoms. The molecule has 0 spiro atoms. The van der Waals surface area contributed by atoms with E-state index in [2.05, 4.69) is 34.0 Å². The minimum atomic E-state index is -0.224. The van der Waals surface area contributed by atoms with Gasteiger partial charge in [-0.25, -0.2) is 4.98 Å². The first kappa shape index (κ1) is 26.5. The Balaban J connectivity index is 1.47. The van der Waals surface area contributed by atoms with Crippen molar-refractivity contribution in [3.8, 4) is 0 Å². The van der Waals surface area contributed by atoms with Crippen LogP contribution in [0.3, 0.4) is 0 Å². The average Bonchev–Trinajstić information content (AvgIpc) is 2.93. The number of nitrogens with zero attached hydrogens (tertiary/aromatic N) is 3. The van der Waals surface area contributed by atoms with Crippen LogP contribution in [-0.4, -0.2) is 39.8 Å². The predicted molar refractivity (Wildman–Crippen MR) is 153 cm³/mol. The fraction of sp³-hybridized carbons (Fsp3) is 0.226. The quantitative estimate of drug-likeness (QED) is 0.336. The van der Waals surface area contributed by atoms with Crippen molar-refractivity contribution in [3.05, 3.63) is 107 Å². The van der Waals surface area contributed by atoms with E-state index in [1.54, 1.807) is 47.8 Å². The van der Waals surface area contributed by atoms with Crippen LogP contribution in [0.4, 0.5) is 5.82 Å². The zero-order valence-corrected chi connectivity index (χ0v) is 22.1. The molecule has 3 N–H and O–H groups in total. The number of fused-ring (bicyclic) bond motifs is 1. The largest absolute Gasteiger partial charge is 0.399 e. The van der Waals surface area contributed by atoms with Gasteiger partial charge in [-0.3, -0.25) is 14.6 Å². The molecule has 1 aliphatic heterocycles. The maximum Gasteiger partial charge on any atom is 0.255 e. The molecule has 1 saturated heterocycles. The third-order valence-electron chi connectivity index (χ3n) is 6.89. The van der Waals surface area contributed by atoms with Crippen molar-refractivity contribution >= 4 is 34.0 Å². The van der Waals surface area contributed by atoms with Gasteiger partial charge in [0.25, 0.3) is 5.91 Å². The number of hydrogen-bond donors (Lipinski definition) is 2. The highest BCUT2D eigenvalue weighted by Gasteiger charge is 2.21. The molecular weight excluding hydrogens is 474 g/mol. The number of nitrogens with two attached hydrogens (primary N) is 1. The minimum absolute atomic E-state index is 0.0319. The van der Waals surface area contributed by atoms with Gasteiger partial charge in [0, 0.05) is 48.8 Å². The number of amides is 2. The van der Waals surface area contributed by atoms with Gasteiger partial charge in [-0.05, 0) is 91.6 Å². The van der Waals surface area contributed by atoms with Gasteiger partial charge < -0.3 is 16.0 Å². The van der Waals surface area contributed by atoms with Crippen molar-refractivity contribution in [3.63, 3.8) is 0 Å². The Morgan fingerprint density at radius 2 is 1.89 bits per heavy atom. The minimum Gasteiger partial charge on any atom is -0.399 e. The molecule has 1 aromatic carbocycles. The van der Waals surface area contributed by atoms with Crippen LogP contribution < -0.4 is 11.1 Å². The van der Waals surface area contributed by atoms with Crippen LogP contribution in [0, 0.1) is 6.92 Å². The number of aromatic nitrogens is 2. The van der Waals surface area contributed by atoms with Gasteiger partial charge in [0.15, 0.2) is 0 Å². The van der Waals surface area contributed by atoms with Gasteiger partial charge in [0.05, 0.1) is 5.56 Å². The van der Waals surface area contributed by atoms with Crippen molar-refractivity contribution in [2.75, 3.05) is 18.4 Å². The fourth-order valence-electron chi connectivity index (χ4n) is 4.73. The van der Waals surface area contributed by atoms with Gasteiger partial charge in [-0.2, -0.15) is 0 Å². The highest BCUT2D eigenvalue weighted by molar-refractivity contribution is 6.01. The Morgan fingerprint density at radius 3 is 2.55 bits per heavy atom. The molecule has 3 heterocycles. The molecule has 194 valence electrons. The van der Waals surface area contributed by atoms with Crippen molar-refractivity contribution in [1.29, 1.82) is 0 Å². The summed E-state index contributed by atoms with van der Waals surface area (Å²) in [6, 6.07) is 9.62. The number of carbonyl (C=O) groups is 2. The van der Waals surface area contributed by atoms with Crippen molar-refractivity contribution in [1.82, 2.24) is 14.9 Å². The summed E-state index contributed by atoms with van der Waals surface area (Å²) in [7, 11) is 0. The number of likely N-dealkylation sites (tertiary alicyclic amines) is 1. The van der Waals surface area contributed by atoms with Crippen molar-refractivity contribution in [2.24, 2.45) is 5.73 Å². The fourth-order valence-corrected chi connectivity index (χ4v) is 4.73. The molecule has 2 amide bonds. The van der Waals surface area contributed by atoms with E-state index < -0.39 is 0 Å². The lowest BCUT2D eigenvalue weighted by Gasteiger charge is -2.28. The Kier molecular flexibility index (Phi) is 8.16. The Morgan fingerprint density at radius 1 is 1.13 bits per heavy atom. The van der Waals surface area contributed by atoms with E-state index in [4.69, 9.17) is 5.73 Å². The number of benzene rings is 1. The SMILES string of the molecule is C=C/C(N)=C(C)\C(=C/C)c1cc(C)c2cnc(NC(=O)C=C3CCN(C(=O)c4cccnc4)CC3)cc2c1. The smallest absolute Gasteiger partial charge is 0.255 e. The molecule has 1 fully saturated rings. The molecule has 0 atom stereocenters. The van der Waals surface area contributed by atoms with Crippen LogP contribution in [0.2, 0.25) is 0 Å². The van der Waals surface area contributed by atoms with E-state index in [-0.39, 0.29) is 11.8 Å². The molecule has 7 nitrogen and oxygen atoms in total. The normalized spacial score (nSPS) is 14.7. The number of hydrogen-bond acceptors (Lipinski definition) is 5. The molecule has 0 saturated carbocycles. The molecule has 0 bridgehead atoms. The average molecular weight is 508 g/mol. The number of piperidine rings is 1. The summed E-state index contributed by atoms with van der Waals surface area (Å²) in [4.78, 5) is 35.7. The lowest BCUT2D eigenvalue weighted by Crippen LogP contribution is -2.36. The van der Waals surface area contributed by atoms with Crippen molar-refractivity contribution in [2.45, 2.75) is 33.6 Å². The van der Waals surface area contributed by atoms with Gasteiger partial charge in [-0.15, -0.1) is 0 Å². The Hall–Kier alpha value is -4.52. The van der Waals surface area contributed by atoms with Gasteiger partial charge in [0.1, 0.15) is 5.82 Å². The van der Waals surface area contributed by atoms with E-state index in [9.17, 15) is 9.59 Å². The number of nitrogens with one attached hydrogen (secondary N) is 1. The van der Waals surface area contributed by atoms with E-state index in [1.165, 1.54) is 0 Å². The first-order chi connectivity index (χ1) is 18.3. The molecule has 1 aliphatic rings. The van der Waals surface area contributed by atoms with Crippen LogP contribution in [-0.2, 0) is 4.79 Å². The summed E-state index contributed by atoms with van der Waals surface area (Å²) in [6.07, 6.45) is 11.6. The molecule has 38 heavy (non-hydrogen) atoms. The highest BCUT2D eigenvalue weighted by atomic mass is 16.2. The van der Waals surface area contributed by atoms with E-state index in [0.717, 1.165) is 38.6 Å². The van der Waals surface area contributed by atoms with E-state index in [1.807, 2.05) is 32.9 Å². The monoisotopic (exact) mass is 507 g/mol. The summed E-state index contributed by atoms with van der Waals surface area (Å²) in [5.74, 6) is 0.231. The van der Waals surface area contributed by atoms with Crippen molar-refractivity contribution < 1.29 is 9.59 Å². The standard InChI is InChI=1S/C31H33N5O2/c1-5-26(21(4)28(32)6-2)24-14-20(3)27-19-34-29(17-25(27)16-24)35-30(37)15-22-9-12-36(13-10-22)31(38)23-8-7-11-33-18-23/h5-8,11,14-19H,2,9-10,12-13,32H2,1,3-4H3,(H,34,35,37)/b26-5+,28-21+. The van der Waals surface area contributed by atoms with E-state index in [0.29, 0.717) is 43.0 Å². The number of carbonyl (C=O) groups excluding carboxylic acids is 2. The Bertz CT molecular complexity index is 1470. The number of rotatable bonds is 6. The number of pyridine rings is 2. The first-order valence-electron chi connectivity index (χ1n) is 12.7. The van der Waals surface area contributed by atoms with Crippen LogP contribution in [0.1, 0.15) is 48.2 Å². The molecule has 2 aromatic heterocycles. The molecule has 4 rings (SSSR count). The third kappa shape index (κ3) is 5.89.